The molecule has 0 radical (unpaired) electrons. The highest BCUT2D eigenvalue weighted by molar-refractivity contribution is 5.98. The van der Waals surface area contributed by atoms with Gasteiger partial charge in [-0.25, -0.2) is 0 Å². The van der Waals surface area contributed by atoms with Crippen molar-refractivity contribution in [3.05, 3.63) is 95.6 Å². The summed E-state index contributed by atoms with van der Waals surface area (Å²) in [5, 5.41) is 11.3. The number of carbonyl (C=O) groups excluding carboxylic acids is 1. The zero-order valence-electron chi connectivity index (χ0n) is 21.4. The second kappa shape index (κ2) is 15.6. The Kier molecular flexibility index (Phi) is 12.5. The lowest BCUT2D eigenvalue weighted by Crippen LogP contribution is -2.20. The van der Waals surface area contributed by atoms with Crippen molar-refractivity contribution >= 4 is 12.0 Å². The second-order valence-electron chi connectivity index (χ2n) is 8.13. The minimum absolute atomic E-state index is 0.195. The van der Waals surface area contributed by atoms with Crippen LogP contribution in [0.15, 0.2) is 84.0 Å². The second-order valence-corrected chi connectivity index (χ2v) is 8.13. The molecule has 1 N–H and O–H groups in total. The van der Waals surface area contributed by atoms with Gasteiger partial charge in [0.25, 0.3) is 0 Å². The van der Waals surface area contributed by atoms with Crippen LogP contribution < -0.4 is 0 Å². The highest BCUT2D eigenvalue weighted by atomic mass is 16.6. The van der Waals surface area contributed by atoms with Crippen LogP contribution in [0.1, 0.15) is 43.9 Å². The molecule has 3 aromatic carbocycles. The monoisotopic (exact) mass is 474 g/mol. The minimum Gasteiger partial charge on any atom is -0.400 e. The van der Waals surface area contributed by atoms with Crippen LogP contribution >= 0.6 is 0 Å². The summed E-state index contributed by atoms with van der Waals surface area (Å²) in [7, 11) is 1.00. The minimum atomic E-state index is 0.195. The highest BCUT2D eigenvalue weighted by Crippen LogP contribution is 2.20. The van der Waals surface area contributed by atoms with E-state index >= 15 is 0 Å². The van der Waals surface area contributed by atoms with E-state index in [1.807, 2.05) is 39.0 Å². The van der Waals surface area contributed by atoms with E-state index in [0.29, 0.717) is 6.61 Å². The van der Waals surface area contributed by atoms with Gasteiger partial charge in [0.2, 0.25) is 0 Å². The van der Waals surface area contributed by atoms with Crippen LogP contribution in [0.3, 0.4) is 0 Å². The number of aldehydes is 1. The van der Waals surface area contributed by atoms with Gasteiger partial charge in [-0.05, 0) is 47.7 Å². The number of hydrogen-bond donors (Lipinski definition) is 1. The summed E-state index contributed by atoms with van der Waals surface area (Å²) in [6.07, 6.45) is 2.06. The first-order valence-corrected chi connectivity index (χ1v) is 12.2. The van der Waals surface area contributed by atoms with E-state index in [1.165, 1.54) is 16.7 Å². The molecule has 0 amide bonds. The van der Waals surface area contributed by atoms with Crippen LogP contribution in [0.25, 0.3) is 11.1 Å². The standard InChI is InChI=1S/C27H28N2O2.C2H6.CH4O/c1-21(25-11-7-22(8-12-25)17-29-16-15-24(18-29)19-30)28-31-20-23-9-13-27(14-10-23)26-5-3-2-4-6-26;2*1-2/h2-14,19,24H,15-18,20H2,1H3;1-2H3;2H,1H3/b28-21+;;. The summed E-state index contributed by atoms with van der Waals surface area (Å²) in [5.74, 6) is 0.195. The number of benzene rings is 3. The topological polar surface area (TPSA) is 62.1 Å². The third-order valence-corrected chi connectivity index (χ3v) is 5.77. The lowest BCUT2D eigenvalue weighted by Gasteiger charge is -2.15. The van der Waals surface area contributed by atoms with Gasteiger partial charge in [-0.2, -0.15) is 0 Å². The number of likely N-dealkylation sites (tertiary alicyclic amines) is 1. The third kappa shape index (κ3) is 8.78. The smallest absolute Gasteiger partial charge is 0.142 e. The van der Waals surface area contributed by atoms with Crippen molar-refractivity contribution in [2.45, 2.75) is 40.3 Å². The Balaban J connectivity index is 0.00000103. The van der Waals surface area contributed by atoms with Gasteiger partial charge >= 0.3 is 0 Å². The molecule has 0 aromatic heterocycles. The molecule has 35 heavy (non-hydrogen) atoms. The van der Waals surface area contributed by atoms with Gasteiger partial charge in [0, 0.05) is 26.1 Å². The van der Waals surface area contributed by atoms with Crippen LogP contribution in [0.5, 0.6) is 0 Å². The van der Waals surface area contributed by atoms with Crippen LogP contribution in [0.4, 0.5) is 0 Å². The molecular weight excluding hydrogens is 436 g/mol. The summed E-state index contributed by atoms with van der Waals surface area (Å²) in [6.45, 7) is 9.15. The van der Waals surface area contributed by atoms with Gasteiger partial charge in [0.1, 0.15) is 12.9 Å². The van der Waals surface area contributed by atoms with Gasteiger partial charge in [0.15, 0.2) is 0 Å². The van der Waals surface area contributed by atoms with E-state index in [2.05, 4.69) is 70.7 Å². The summed E-state index contributed by atoms with van der Waals surface area (Å²) >= 11 is 0. The number of rotatable bonds is 8. The number of nitrogens with zero attached hydrogens (tertiary/aromatic N) is 2. The Morgan fingerprint density at radius 1 is 0.943 bits per heavy atom. The predicted octanol–water partition coefficient (Wildman–Crippen LogP) is 5.95. The van der Waals surface area contributed by atoms with Gasteiger partial charge in [0.05, 0.1) is 5.71 Å². The van der Waals surface area contributed by atoms with Crippen molar-refractivity contribution in [1.82, 2.24) is 4.90 Å². The molecule has 0 spiro atoms. The van der Waals surface area contributed by atoms with Crippen molar-refractivity contribution < 1.29 is 14.7 Å². The summed E-state index contributed by atoms with van der Waals surface area (Å²) in [4.78, 5) is 18.8. The molecule has 5 heteroatoms. The molecule has 0 bridgehead atoms. The van der Waals surface area contributed by atoms with E-state index in [-0.39, 0.29) is 5.92 Å². The van der Waals surface area contributed by atoms with Gasteiger partial charge in [-0.3, -0.25) is 4.90 Å². The normalized spacial score (nSPS) is 15.3. The Bertz CT molecular complexity index is 1020. The number of oxime groups is 1. The third-order valence-electron chi connectivity index (χ3n) is 5.77. The molecule has 1 saturated heterocycles. The van der Waals surface area contributed by atoms with Crippen molar-refractivity contribution in [2.24, 2.45) is 11.1 Å². The van der Waals surface area contributed by atoms with Crippen LogP contribution in [0, 0.1) is 5.92 Å². The van der Waals surface area contributed by atoms with E-state index < -0.39 is 0 Å². The Morgan fingerprint density at radius 3 is 2.14 bits per heavy atom. The average molecular weight is 475 g/mol. The molecule has 186 valence electrons. The van der Waals surface area contributed by atoms with Crippen molar-refractivity contribution in [1.29, 1.82) is 0 Å². The fourth-order valence-electron chi connectivity index (χ4n) is 3.91. The first-order valence-electron chi connectivity index (χ1n) is 12.2. The summed E-state index contributed by atoms with van der Waals surface area (Å²) in [5.41, 5.74) is 6.65. The first-order chi connectivity index (χ1) is 17.2. The number of aliphatic hydroxyl groups excluding tert-OH is 1. The van der Waals surface area contributed by atoms with E-state index in [9.17, 15) is 4.79 Å². The van der Waals surface area contributed by atoms with Crippen LogP contribution in [0.2, 0.25) is 0 Å². The predicted molar refractivity (Wildman–Crippen MR) is 144 cm³/mol. The van der Waals surface area contributed by atoms with Crippen LogP contribution in [-0.2, 0) is 22.8 Å². The van der Waals surface area contributed by atoms with E-state index in [0.717, 1.165) is 56.3 Å². The molecular formula is C30H38N2O3. The molecule has 1 heterocycles. The number of carbonyl (C=O) groups is 1. The molecule has 1 fully saturated rings. The molecule has 4 rings (SSSR count). The summed E-state index contributed by atoms with van der Waals surface area (Å²) in [6, 6.07) is 27.1. The Hall–Kier alpha value is -3.28. The van der Waals surface area contributed by atoms with Crippen molar-refractivity contribution in [3.63, 3.8) is 0 Å². The zero-order valence-corrected chi connectivity index (χ0v) is 21.4. The van der Waals surface area contributed by atoms with Gasteiger partial charge in [-0.1, -0.05) is 97.9 Å². The Labute approximate surface area is 210 Å². The molecule has 1 aliphatic rings. The average Bonchev–Trinajstić information content (AvgIpc) is 3.40. The lowest BCUT2D eigenvalue weighted by atomic mass is 10.0. The molecule has 1 atom stereocenters. The lowest BCUT2D eigenvalue weighted by molar-refractivity contribution is -0.110. The molecule has 3 aromatic rings. The fraction of sp³-hybridized carbons (Fsp3) is 0.333. The zero-order chi connectivity index (χ0) is 25.5. The van der Waals surface area contributed by atoms with Crippen molar-refractivity contribution in [3.8, 4) is 11.1 Å². The highest BCUT2D eigenvalue weighted by Gasteiger charge is 2.21. The molecule has 1 aliphatic heterocycles. The SMILES string of the molecule is C/C(=N\OCc1ccc(-c2ccccc2)cc1)c1ccc(CN2CCC(C=O)C2)cc1.CC.CO. The molecule has 5 nitrogen and oxygen atoms in total. The van der Waals surface area contributed by atoms with Gasteiger partial charge in [-0.15, -0.1) is 0 Å². The molecule has 0 saturated carbocycles. The quantitative estimate of drug-likeness (QED) is 0.249. The van der Waals surface area contributed by atoms with Crippen LogP contribution in [-0.4, -0.2) is 42.2 Å². The molecule has 0 aliphatic carbocycles. The maximum absolute atomic E-state index is 10.9. The largest absolute Gasteiger partial charge is 0.400 e. The summed E-state index contributed by atoms with van der Waals surface area (Å²) < 4.78 is 0. The number of aliphatic hydroxyl groups is 1. The van der Waals surface area contributed by atoms with E-state index in [1.54, 1.807) is 0 Å². The number of hydrogen-bond acceptors (Lipinski definition) is 5. The van der Waals surface area contributed by atoms with Gasteiger partial charge < -0.3 is 14.7 Å². The fourth-order valence-corrected chi connectivity index (χ4v) is 3.91. The molecule has 1 unspecified atom stereocenters. The maximum atomic E-state index is 10.9. The van der Waals surface area contributed by atoms with Crippen molar-refractivity contribution in [2.75, 3.05) is 20.2 Å². The Morgan fingerprint density at radius 2 is 1.54 bits per heavy atom. The first kappa shape index (κ1) is 28.0. The van der Waals surface area contributed by atoms with E-state index in [4.69, 9.17) is 9.94 Å². The maximum Gasteiger partial charge on any atom is 0.142 e.